The maximum atomic E-state index is 13.3. The van der Waals surface area contributed by atoms with Gasteiger partial charge in [0.05, 0.1) is 6.54 Å². The summed E-state index contributed by atoms with van der Waals surface area (Å²) in [4.78, 5) is 40.3. The summed E-state index contributed by atoms with van der Waals surface area (Å²) in [5.74, 6) is 0.306. The van der Waals surface area contributed by atoms with E-state index in [0.717, 1.165) is 27.5 Å². The molecular formula is C26H25N3O5. The number of nitrogens with zero attached hydrogens (tertiary/aromatic N) is 2. The Kier molecular flexibility index (Phi) is 4.97. The number of aryl methyl sites for hydroxylation is 2. The lowest BCUT2D eigenvalue weighted by Gasteiger charge is -2.22. The zero-order chi connectivity index (χ0) is 24.2. The van der Waals surface area contributed by atoms with E-state index in [2.05, 4.69) is 5.32 Å². The van der Waals surface area contributed by atoms with E-state index in [-0.39, 0.29) is 19.1 Å². The van der Waals surface area contributed by atoms with Gasteiger partial charge in [0.25, 0.3) is 5.91 Å². The lowest BCUT2D eigenvalue weighted by atomic mass is 9.91. The van der Waals surface area contributed by atoms with Crippen molar-refractivity contribution >= 4 is 17.7 Å². The third-order valence-electron chi connectivity index (χ3n) is 6.55. The van der Waals surface area contributed by atoms with E-state index >= 15 is 0 Å². The molecule has 0 radical (unpaired) electrons. The Morgan fingerprint density at radius 3 is 2.44 bits per heavy atom. The number of fused-ring (bicyclic) bond motifs is 1. The number of ketones is 1. The Labute approximate surface area is 197 Å². The number of imide groups is 1. The number of carbonyl (C=O) groups is 3. The summed E-state index contributed by atoms with van der Waals surface area (Å²) in [5.41, 5.74) is 3.48. The van der Waals surface area contributed by atoms with Gasteiger partial charge in [-0.2, -0.15) is 0 Å². The van der Waals surface area contributed by atoms with Crippen molar-refractivity contribution in [1.29, 1.82) is 0 Å². The zero-order valence-electron chi connectivity index (χ0n) is 19.5. The Morgan fingerprint density at radius 1 is 1.00 bits per heavy atom. The van der Waals surface area contributed by atoms with Crippen LogP contribution >= 0.6 is 0 Å². The molecule has 0 bridgehead atoms. The third kappa shape index (κ3) is 3.34. The van der Waals surface area contributed by atoms with Gasteiger partial charge in [0, 0.05) is 22.6 Å². The number of Topliss-reactive ketones (excluding diaryl/α,β-unsaturated/α-hetero) is 1. The molecule has 2 aliphatic heterocycles. The fourth-order valence-electron chi connectivity index (χ4n) is 4.61. The largest absolute Gasteiger partial charge is 0.454 e. The molecule has 2 aromatic carbocycles. The number of benzene rings is 2. The van der Waals surface area contributed by atoms with Crippen LogP contribution in [0.2, 0.25) is 0 Å². The molecule has 5 rings (SSSR count). The number of aromatic nitrogens is 1. The molecule has 1 N–H and O–H groups in total. The number of rotatable bonds is 5. The topological polar surface area (TPSA) is 89.9 Å². The van der Waals surface area contributed by atoms with E-state index < -0.39 is 17.5 Å². The molecule has 3 aromatic rings. The van der Waals surface area contributed by atoms with Crippen molar-refractivity contribution in [1.82, 2.24) is 14.8 Å². The van der Waals surface area contributed by atoms with Crippen LogP contribution in [0.3, 0.4) is 0 Å². The van der Waals surface area contributed by atoms with E-state index in [9.17, 15) is 14.4 Å². The Balaban J connectivity index is 1.40. The highest BCUT2D eigenvalue weighted by atomic mass is 16.7. The maximum absolute atomic E-state index is 13.3. The number of urea groups is 1. The molecule has 3 heterocycles. The van der Waals surface area contributed by atoms with Gasteiger partial charge in [0.15, 0.2) is 17.3 Å². The fourth-order valence-corrected chi connectivity index (χ4v) is 4.61. The van der Waals surface area contributed by atoms with Crippen LogP contribution < -0.4 is 14.8 Å². The van der Waals surface area contributed by atoms with Gasteiger partial charge >= 0.3 is 6.03 Å². The number of carbonyl (C=O) groups excluding carboxylic acids is 3. The van der Waals surface area contributed by atoms with Crippen molar-refractivity contribution in [3.8, 4) is 17.2 Å². The molecule has 0 saturated carbocycles. The van der Waals surface area contributed by atoms with Crippen LogP contribution in [0, 0.1) is 20.8 Å². The minimum Gasteiger partial charge on any atom is -0.454 e. The maximum Gasteiger partial charge on any atom is 0.325 e. The average molecular weight is 460 g/mol. The number of hydrogen-bond acceptors (Lipinski definition) is 5. The van der Waals surface area contributed by atoms with E-state index in [1.807, 2.05) is 49.6 Å². The lowest BCUT2D eigenvalue weighted by molar-refractivity contribution is -0.130. The van der Waals surface area contributed by atoms with Gasteiger partial charge in [-0.1, -0.05) is 23.8 Å². The van der Waals surface area contributed by atoms with Crippen LogP contribution in [0.4, 0.5) is 4.79 Å². The van der Waals surface area contributed by atoms with Crippen molar-refractivity contribution < 1.29 is 23.9 Å². The van der Waals surface area contributed by atoms with Crippen LogP contribution in [0.5, 0.6) is 11.5 Å². The van der Waals surface area contributed by atoms with E-state index in [0.29, 0.717) is 22.6 Å². The van der Waals surface area contributed by atoms with Gasteiger partial charge in [-0.25, -0.2) is 4.79 Å². The van der Waals surface area contributed by atoms with Crippen LogP contribution in [0.1, 0.15) is 39.8 Å². The second-order valence-electron chi connectivity index (χ2n) is 8.89. The quantitative estimate of drug-likeness (QED) is 0.463. The van der Waals surface area contributed by atoms with Crippen molar-refractivity contribution in [2.24, 2.45) is 0 Å². The first-order valence-electron chi connectivity index (χ1n) is 11.0. The molecule has 2 aliphatic rings. The molecule has 8 nitrogen and oxygen atoms in total. The predicted octanol–water partition coefficient (Wildman–Crippen LogP) is 3.78. The molecule has 34 heavy (non-hydrogen) atoms. The number of amides is 3. The van der Waals surface area contributed by atoms with Crippen LogP contribution in [0.15, 0.2) is 48.5 Å². The molecule has 1 fully saturated rings. The van der Waals surface area contributed by atoms with Crippen LogP contribution in [0.25, 0.3) is 5.69 Å². The average Bonchev–Trinajstić information content (AvgIpc) is 3.46. The minimum absolute atomic E-state index is 0.109. The molecular weight excluding hydrogens is 434 g/mol. The zero-order valence-corrected chi connectivity index (χ0v) is 19.5. The Bertz CT molecular complexity index is 1340. The highest BCUT2D eigenvalue weighted by molar-refractivity contribution is 6.11. The summed E-state index contributed by atoms with van der Waals surface area (Å²) < 4.78 is 12.7. The molecule has 0 aliphatic carbocycles. The van der Waals surface area contributed by atoms with Crippen LogP contribution in [-0.4, -0.2) is 40.5 Å². The SMILES string of the molecule is Cc1ccc(-n2c(C)cc(C(=O)CN3C(=O)N[C@@](C)(c4ccc5c(c4)OCO5)C3=O)c2C)cc1. The monoisotopic (exact) mass is 459 g/mol. The van der Waals surface area contributed by atoms with Gasteiger partial charge in [0.2, 0.25) is 6.79 Å². The lowest BCUT2D eigenvalue weighted by Crippen LogP contribution is -2.41. The normalized spacial score (nSPS) is 19.0. The second kappa shape index (κ2) is 7.76. The fraction of sp³-hybridized carbons (Fsp3) is 0.269. The molecule has 0 spiro atoms. The second-order valence-corrected chi connectivity index (χ2v) is 8.89. The van der Waals surface area contributed by atoms with Crippen molar-refractivity contribution in [2.45, 2.75) is 33.2 Å². The van der Waals surface area contributed by atoms with Gasteiger partial charge in [-0.15, -0.1) is 0 Å². The molecule has 1 atom stereocenters. The standard InChI is InChI=1S/C26H25N3O5/c1-15-5-8-19(9-6-15)29-16(2)11-20(17(29)3)21(30)13-28-24(31)26(4,27-25(28)32)18-7-10-22-23(12-18)34-14-33-22/h5-12H,13-14H2,1-4H3,(H,27,32)/t26-/m0/s1. The first-order valence-corrected chi connectivity index (χ1v) is 11.0. The molecule has 174 valence electrons. The summed E-state index contributed by atoms with van der Waals surface area (Å²) in [6, 6.07) is 14.3. The molecule has 1 saturated heterocycles. The Hall–Kier alpha value is -4.07. The van der Waals surface area contributed by atoms with Gasteiger partial charge in [0.1, 0.15) is 5.54 Å². The minimum atomic E-state index is -1.31. The summed E-state index contributed by atoms with van der Waals surface area (Å²) >= 11 is 0. The summed E-state index contributed by atoms with van der Waals surface area (Å²) in [6.07, 6.45) is 0. The van der Waals surface area contributed by atoms with Gasteiger partial charge in [-0.05, 0) is 63.6 Å². The number of nitrogens with one attached hydrogen (secondary N) is 1. The smallest absolute Gasteiger partial charge is 0.325 e. The first-order chi connectivity index (χ1) is 16.2. The van der Waals surface area contributed by atoms with E-state index in [4.69, 9.17) is 9.47 Å². The molecule has 0 unspecified atom stereocenters. The summed E-state index contributed by atoms with van der Waals surface area (Å²) in [6.45, 7) is 7.19. The first kappa shape index (κ1) is 21.8. The molecule has 8 heteroatoms. The summed E-state index contributed by atoms with van der Waals surface area (Å²) in [5, 5.41) is 2.74. The highest BCUT2D eigenvalue weighted by Gasteiger charge is 2.50. The highest BCUT2D eigenvalue weighted by Crippen LogP contribution is 2.38. The summed E-state index contributed by atoms with van der Waals surface area (Å²) in [7, 11) is 0. The van der Waals surface area contributed by atoms with Crippen LogP contribution in [-0.2, 0) is 10.3 Å². The predicted molar refractivity (Wildman–Crippen MR) is 124 cm³/mol. The molecule has 1 aromatic heterocycles. The van der Waals surface area contributed by atoms with Crippen molar-refractivity contribution in [3.63, 3.8) is 0 Å². The van der Waals surface area contributed by atoms with E-state index in [1.54, 1.807) is 31.2 Å². The number of ether oxygens (including phenoxy) is 2. The molecule has 3 amide bonds. The van der Waals surface area contributed by atoms with Crippen molar-refractivity contribution in [3.05, 3.63) is 76.6 Å². The van der Waals surface area contributed by atoms with Gasteiger partial charge < -0.3 is 19.4 Å². The third-order valence-corrected chi connectivity index (χ3v) is 6.55. The number of hydrogen-bond donors (Lipinski definition) is 1. The Morgan fingerprint density at radius 2 is 1.71 bits per heavy atom. The van der Waals surface area contributed by atoms with Gasteiger partial charge in [-0.3, -0.25) is 14.5 Å². The van der Waals surface area contributed by atoms with Crippen molar-refractivity contribution in [2.75, 3.05) is 13.3 Å². The van der Waals surface area contributed by atoms with E-state index in [1.165, 1.54) is 0 Å².